The van der Waals surface area contributed by atoms with Crippen molar-refractivity contribution in [2.24, 2.45) is 0 Å². The minimum atomic E-state index is -0.460. The van der Waals surface area contributed by atoms with E-state index in [9.17, 15) is 9.59 Å². The fourth-order valence-electron chi connectivity index (χ4n) is 3.32. The molecule has 0 spiro atoms. The van der Waals surface area contributed by atoms with Gasteiger partial charge in [0.15, 0.2) is 6.61 Å². The van der Waals surface area contributed by atoms with Gasteiger partial charge in [0.25, 0.3) is 5.91 Å². The molecular formula is C26H29NO4S. The second-order valence-electron chi connectivity index (χ2n) is 8.52. The normalized spacial score (nSPS) is 11.2. The topological polar surface area (TPSA) is 64.6 Å². The number of carbonyl (C=O) groups is 2. The van der Waals surface area contributed by atoms with Gasteiger partial charge in [-0.3, -0.25) is 4.79 Å². The number of hydrogen-bond acceptors (Lipinski definition) is 5. The minimum Gasteiger partial charge on any atom is -0.483 e. The molecule has 0 bridgehead atoms. The number of nitrogens with one attached hydrogen (secondary N) is 1. The lowest BCUT2D eigenvalue weighted by molar-refractivity contribution is -0.118. The number of carbonyl (C=O) groups excluding carboxylic acids is 2. The molecule has 1 heterocycles. The Morgan fingerprint density at radius 3 is 2.38 bits per heavy atom. The molecule has 0 saturated carbocycles. The van der Waals surface area contributed by atoms with Gasteiger partial charge in [-0.2, -0.15) is 0 Å². The number of para-hydroxylation sites is 1. The summed E-state index contributed by atoms with van der Waals surface area (Å²) in [4.78, 5) is 25.4. The lowest BCUT2D eigenvalue weighted by atomic mass is 9.86. The van der Waals surface area contributed by atoms with Crippen LogP contribution in [0.2, 0.25) is 0 Å². The van der Waals surface area contributed by atoms with Crippen LogP contribution < -0.4 is 10.1 Å². The molecule has 1 aromatic heterocycles. The van der Waals surface area contributed by atoms with E-state index in [1.54, 1.807) is 6.92 Å². The molecule has 6 heteroatoms. The van der Waals surface area contributed by atoms with Gasteiger partial charge in [-0.15, -0.1) is 11.3 Å². The molecule has 0 aliphatic rings. The lowest BCUT2D eigenvalue weighted by Crippen LogP contribution is -2.22. The van der Waals surface area contributed by atoms with Crippen LogP contribution in [0.25, 0.3) is 11.1 Å². The minimum absolute atomic E-state index is 0.110. The number of benzene rings is 2. The van der Waals surface area contributed by atoms with Crippen LogP contribution in [0, 0.1) is 6.92 Å². The summed E-state index contributed by atoms with van der Waals surface area (Å²) in [5.74, 6) is -0.123. The van der Waals surface area contributed by atoms with E-state index in [1.165, 1.54) is 11.3 Å². The van der Waals surface area contributed by atoms with Crippen LogP contribution in [-0.4, -0.2) is 25.1 Å². The Morgan fingerprint density at radius 2 is 1.72 bits per heavy atom. The van der Waals surface area contributed by atoms with Crippen molar-refractivity contribution < 1.29 is 19.1 Å². The molecule has 0 fully saturated rings. The van der Waals surface area contributed by atoms with Gasteiger partial charge in [0, 0.05) is 10.9 Å². The quantitative estimate of drug-likeness (QED) is 0.434. The first kappa shape index (κ1) is 23.5. The third-order valence-corrected chi connectivity index (χ3v) is 5.84. The molecule has 32 heavy (non-hydrogen) atoms. The molecule has 0 aliphatic carbocycles. The second-order valence-corrected chi connectivity index (χ2v) is 9.40. The Hall–Kier alpha value is -3.12. The number of ether oxygens (including phenoxy) is 2. The largest absolute Gasteiger partial charge is 0.483 e. The van der Waals surface area contributed by atoms with Gasteiger partial charge in [0.05, 0.1) is 6.61 Å². The van der Waals surface area contributed by atoms with Crippen LogP contribution in [0.5, 0.6) is 5.75 Å². The molecule has 0 radical (unpaired) electrons. The molecule has 0 saturated heterocycles. The Balaban J connectivity index is 1.81. The SMILES string of the molecule is CCOC(=O)c1c(-c2ccc(C)cc2)csc1NC(=O)COc1ccccc1C(C)(C)C. The molecule has 0 aliphatic heterocycles. The highest BCUT2D eigenvalue weighted by molar-refractivity contribution is 7.15. The maximum atomic E-state index is 12.7. The summed E-state index contributed by atoms with van der Waals surface area (Å²) in [5.41, 5.74) is 4.04. The van der Waals surface area contributed by atoms with E-state index < -0.39 is 5.97 Å². The monoisotopic (exact) mass is 451 g/mol. The van der Waals surface area contributed by atoms with Crippen LogP contribution >= 0.6 is 11.3 Å². The van der Waals surface area contributed by atoms with E-state index in [0.717, 1.165) is 22.3 Å². The van der Waals surface area contributed by atoms with Crippen molar-refractivity contribution in [3.8, 4) is 16.9 Å². The Labute approximate surface area is 193 Å². The van der Waals surface area contributed by atoms with Crippen molar-refractivity contribution in [3.05, 3.63) is 70.6 Å². The van der Waals surface area contributed by atoms with Crippen molar-refractivity contribution in [1.82, 2.24) is 0 Å². The van der Waals surface area contributed by atoms with E-state index in [4.69, 9.17) is 9.47 Å². The molecular weight excluding hydrogens is 422 g/mol. The molecule has 0 atom stereocenters. The summed E-state index contributed by atoms with van der Waals surface area (Å²) in [7, 11) is 0. The van der Waals surface area contributed by atoms with Gasteiger partial charge in [-0.1, -0.05) is 68.8 Å². The molecule has 3 aromatic rings. The average molecular weight is 452 g/mol. The van der Waals surface area contributed by atoms with Crippen molar-refractivity contribution in [1.29, 1.82) is 0 Å². The number of amides is 1. The zero-order valence-electron chi connectivity index (χ0n) is 19.2. The van der Waals surface area contributed by atoms with Gasteiger partial charge < -0.3 is 14.8 Å². The maximum Gasteiger partial charge on any atom is 0.341 e. The predicted molar refractivity (Wildman–Crippen MR) is 130 cm³/mol. The molecule has 1 N–H and O–H groups in total. The predicted octanol–water partition coefficient (Wildman–Crippen LogP) is 6.22. The fraction of sp³-hybridized carbons (Fsp3) is 0.308. The van der Waals surface area contributed by atoms with Crippen molar-refractivity contribution >= 4 is 28.2 Å². The van der Waals surface area contributed by atoms with Gasteiger partial charge >= 0.3 is 5.97 Å². The Morgan fingerprint density at radius 1 is 1.03 bits per heavy atom. The van der Waals surface area contributed by atoms with Crippen LogP contribution in [0.15, 0.2) is 53.9 Å². The first-order valence-electron chi connectivity index (χ1n) is 10.6. The van der Waals surface area contributed by atoms with Gasteiger partial charge in [0.1, 0.15) is 16.3 Å². The van der Waals surface area contributed by atoms with Crippen LogP contribution in [0.4, 0.5) is 5.00 Å². The van der Waals surface area contributed by atoms with Crippen LogP contribution in [0.1, 0.15) is 49.2 Å². The molecule has 5 nitrogen and oxygen atoms in total. The highest BCUT2D eigenvalue weighted by Crippen LogP contribution is 2.36. The standard InChI is InChI=1S/C26H29NO4S/c1-6-30-25(29)23-19(18-13-11-17(2)12-14-18)16-32-24(23)27-22(28)15-31-21-10-8-7-9-20(21)26(3,4)5/h7-14,16H,6,15H2,1-5H3,(H,27,28). The van der Waals surface area contributed by atoms with E-state index in [1.807, 2.05) is 60.8 Å². The summed E-state index contributed by atoms with van der Waals surface area (Å²) in [5, 5.41) is 5.15. The summed E-state index contributed by atoms with van der Waals surface area (Å²) < 4.78 is 11.1. The van der Waals surface area contributed by atoms with Crippen molar-refractivity contribution in [2.45, 2.75) is 40.0 Å². The highest BCUT2D eigenvalue weighted by Gasteiger charge is 2.23. The van der Waals surface area contributed by atoms with E-state index >= 15 is 0 Å². The van der Waals surface area contributed by atoms with E-state index in [2.05, 4.69) is 26.1 Å². The number of rotatable bonds is 7. The zero-order valence-corrected chi connectivity index (χ0v) is 20.0. The van der Waals surface area contributed by atoms with E-state index in [0.29, 0.717) is 16.3 Å². The van der Waals surface area contributed by atoms with Crippen molar-refractivity contribution in [3.63, 3.8) is 0 Å². The lowest BCUT2D eigenvalue weighted by Gasteiger charge is -2.22. The average Bonchev–Trinajstić information content (AvgIpc) is 3.16. The second kappa shape index (κ2) is 10.0. The Bertz CT molecular complexity index is 1090. The summed E-state index contributed by atoms with van der Waals surface area (Å²) in [6, 6.07) is 15.6. The summed E-state index contributed by atoms with van der Waals surface area (Å²) in [6.07, 6.45) is 0. The smallest absolute Gasteiger partial charge is 0.341 e. The van der Waals surface area contributed by atoms with Gasteiger partial charge in [0.2, 0.25) is 0 Å². The van der Waals surface area contributed by atoms with Crippen LogP contribution in [0.3, 0.4) is 0 Å². The summed E-state index contributed by atoms with van der Waals surface area (Å²) >= 11 is 1.30. The maximum absolute atomic E-state index is 12.7. The molecule has 3 rings (SSSR count). The first-order chi connectivity index (χ1) is 15.2. The summed E-state index contributed by atoms with van der Waals surface area (Å²) in [6.45, 7) is 10.1. The van der Waals surface area contributed by atoms with Gasteiger partial charge in [-0.05, 0) is 36.5 Å². The zero-order chi connectivity index (χ0) is 23.3. The molecule has 0 unspecified atom stereocenters. The van der Waals surface area contributed by atoms with Gasteiger partial charge in [-0.25, -0.2) is 4.79 Å². The Kier molecular flexibility index (Phi) is 7.36. The van der Waals surface area contributed by atoms with Crippen LogP contribution in [-0.2, 0) is 14.9 Å². The number of esters is 1. The third-order valence-electron chi connectivity index (χ3n) is 4.94. The highest BCUT2D eigenvalue weighted by atomic mass is 32.1. The van der Waals surface area contributed by atoms with Crippen molar-refractivity contribution in [2.75, 3.05) is 18.5 Å². The third kappa shape index (κ3) is 5.56. The number of hydrogen-bond donors (Lipinski definition) is 1. The van der Waals surface area contributed by atoms with E-state index in [-0.39, 0.29) is 24.5 Å². The molecule has 1 amide bonds. The number of anilines is 1. The number of thiophene rings is 1. The first-order valence-corrected chi connectivity index (χ1v) is 11.5. The molecule has 168 valence electrons. The fourth-order valence-corrected chi connectivity index (χ4v) is 4.29. The molecule has 2 aromatic carbocycles. The number of aryl methyl sites for hydroxylation is 1.